The summed E-state index contributed by atoms with van der Waals surface area (Å²) in [6.07, 6.45) is 0. The molecule has 0 amide bonds. The molecule has 4 rings (SSSR count). The molecule has 1 aliphatic rings. The Kier molecular flexibility index (Phi) is 6.69. The third kappa shape index (κ3) is 4.81. The molecule has 0 unspecified atom stereocenters. The van der Waals surface area contributed by atoms with E-state index >= 15 is 0 Å². The molecular formula is C22H20BrClN4O2S. The molecule has 0 spiro atoms. The summed E-state index contributed by atoms with van der Waals surface area (Å²) in [5.41, 5.74) is 3.28. The molecule has 1 aliphatic heterocycles. The van der Waals surface area contributed by atoms with Crippen LogP contribution in [0.25, 0.3) is 0 Å². The summed E-state index contributed by atoms with van der Waals surface area (Å²) in [5.74, 6) is 0.940. The van der Waals surface area contributed by atoms with Gasteiger partial charge in [0, 0.05) is 20.9 Å². The van der Waals surface area contributed by atoms with E-state index < -0.39 is 6.04 Å². The Bertz CT molecular complexity index is 1130. The number of carbonyl (C=O) groups excluding carboxylic acids is 1. The summed E-state index contributed by atoms with van der Waals surface area (Å²) in [6.45, 7) is 3.96. The first-order valence-corrected chi connectivity index (χ1v) is 11.9. The van der Waals surface area contributed by atoms with Gasteiger partial charge in [-0.25, -0.2) is 9.48 Å². The Morgan fingerprint density at radius 3 is 2.61 bits per heavy atom. The summed E-state index contributed by atoms with van der Waals surface area (Å²) < 4.78 is 8.06. The summed E-state index contributed by atoms with van der Waals surface area (Å²) in [5, 5.41) is 9.26. The number of esters is 1. The number of aromatic nitrogens is 3. The number of halogens is 2. The van der Waals surface area contributed by atoms with E-state index in [-0.39, 0.29) is 5.97 Å². The Balaban J connectivity index is 1.67. The minimum atomic E-state index is -0.430. The number of thioether (sulfide) groups is 1. The highest BCUT2D eigenvalue weighted by atomic mass is 79.9. The monoisotopic (exact) mass is 518 g/mol. The highest BCUT2D eigenvalue weighted by molar-refractivity contribution is 9.10. The van der Waals surface area contributed by atoms with E-state index in [0.29, 0.717) is 39.8 Å². The Hall–Kier alpha value is -2.29. The number of carbonyl (C=O) groups is 1. The van der Waals surface area contributed by atoms with Gasteiger partial charge >= 0.3 is 5.97 Å². The Morgan fingerprint density at radius 1 is 1.23 bits per heavy atom. The lowest BCUT2D eigenvalue weighted by Crippen LogP contribution is -2.29. The molecule has 0 fully saturated rings. The second-order valence-corrected chi connectivity index (χ2v) is 9.21. The second kappa shape index (κ2) is 9.46. The smallest absolute Gasteiger partial charge is 0.338 e. The third-order valence-electron chi connectivity index (χ3n) is 4.80. The maximum atomic E-state index is 12.8. The summed E-state index contributed by atoms with van der Waals surface area (Å²) in [7, 11) is 0. The van der Waals surface area contributed by atoms with Crippen molar-refractivity contribution in [3.63, 3.8) is 0 Å². The van der Waals surface area contributed by atoms with E-state index in [1.54, 1.807) is 11.6 Å². The zero-order valence-corrected chi connectivity index (χ0v) is 20.1. The van der Waals surface area contributed by atoms with Gasteiger partial charge in [0.25, 0.3) is 0 Å². The molecule has 0 aliphatic carbocycles. The van der Waals surface area contributed by atoms with E-state index in [1.165, 1.54) is 11.8 Å². The van der Waals surface area contributed by atoms with E-state index in [9.17, 15) is 4.79 Å². The lowest BCUT2D eigenvalue weighted by atomic mass is 9.96. The standard InChI is InChI=1S/C22H20BrClN4O2S/c1-3-30-20(29)18-13(2)25-21-26-22(31-12-14-4-10-17(24)11-5-14)27-28(21)19(18)15-6-8-16(23)9-7-15/h4-11,19H,3,12H2,1-2H3,(H,25,26,27)/t19-/m0/s1. The maximum absolute atomic E-state index is 12.8. The predicted molar refractivity (Wildman–Crippen MR) is 126 cm³/mol. The number of benzene rings is 2. The fraction of sp³-hybridized carbons (Fsp3) is 0.227. The molecule has 31 heavy (non-hydrogen) atoms. The van der Waals surface area contributed by atoms with Crippen LogP contribution in [0.1, 0.15) is 31.0 Å². The highest BCUT2D eigenvalue weighted by Gasteiger charge is 2.35. The number of ether oxygens (including phenoxy) is 1. The minimum absolute atomic E-state index is 0.301. The molecule has 3 aromatic rings. The van der Waals surface area contributed by atoms with Gasteiger partial charge in [-0.1, -0.05) is 63.6 Å². The fourth-order valence-corrected chi connectivity index (χ4v) is 4.52. The van der Waals surface area contributed by atoms with Crippen LogP contribution >= 0.6 is 39.3 Å². The lowest BCUT2D eigenvalue weighted by molar-refractivity contribution is -0.139. The van der Waals surface area contributed by atoms with Crippen molar-refractivity contribution < 1.29 is 9.53 Å². The van der Waals surface area contributed by atoms with Crippen LogP contribution in [0.15, 0.2) is 69.4 Å². The lowest BCUT2D eigenvalue weighted by Gasteiger charge is -2.28. The number of hydrogen-bond acceptors (Lipinski definition) is 6. The highest BCUT2D eigenvalue weighted by Crippen LogP contribution is 2.37. The fourth-order valence-electron chi connectivity index (χ4n) is 3.35. The van der Waals surface area contributed by atoms with Gasteiger partial charge in [0.05, 0.1) is 12.2 Å². The molecule has 2 aromatic carbocycles. The normalized spacial score (nSPS) is 15.4. The van der Waals surface area contributed by atoms with Gasteiger partial charge < -0.3 is 10.1 Å². The molecule has 0 saturated carbocycles. The van der Waals surface area contributed by atoms with Crippen LogP contribution < -0.4 is 5.32 Å². The number of nitrogens with one attached hydrogen (secondary N) is 1. The second-order valence-electron chi connectivity index (χ2n) is 6.92. The number of anilines is 1. The zero-order valence-electron chi connectivity index (χ0n) is 16.9. The number of hydrogen-bond donors (Lipinski definition) is 1. The number of allylic oxidation sites excluding steroid dienone is 1. The van der Waals surface area contributed by atoms with Gasteiger partial charge in [-0.05, 0) is 49.2 Å². The average Bonchev–Trinajstić information content (AvgIpc) is 3.15. The number of fused-ring (bicyclic) bond motifs is 1. The van der Waals surface area contributed by atoms with E-state index in [0.717, 1.165) is 15.6 Å². The Labute approximate surface area is 198 Å². The first kappa shape index (κ1) is 21.9. The first-order valence-electron chi connectivity index (χ1n) is 9.70. The molecule has 160 valence electrons. The molecule has 2 heterocycles. The van der Waals surface area contributed by atoms with Crippen LogP contribution in [0.5, 0.6) is 0 Å². The van der Waals surface area contributed by atoms with Crippen LogP contribution in [-0.4, -0.2) is 27.3 Å². The molecule has 0 saturated heterocycles. The van der Waals surface area contributed by atoms with Gasteiger partial charge in [-0.3, -0.25) is 0 Å². The quantitative estimate of drug-likeness (QED) is 0.326. The van der Waals surface area contributed by atoms with E-state index in [1.807, 2.05) is 55.5 Å². The van der Waals surface area contributed by atoms with Crippen molar-refractivity contribution in [2.75, 3.05) is 11.9 Å². The van der Waals surface area contributed by atoms with E-state index in [2.05, 4.69) is 26.2 Å². The predicted octanol–water partition coefficient (Wildman–Crippen LogP) is 5.84. The summed E-state index contributed by atoms with van der Waals surface area (Å²) in [6, 6.07) is 15.1. The van der Waals surface area contributed by atoms with E-state index in [4.69, 9.17) is 21.4 Å². The van der Waals surface area contributed by atoms with Crippen LogP contribution in [0.2, 0.25) is 5.02 Å². The summed E-state index contributed by atoms with van der Waals surface area (Å²) in [4.78, 5) is 17.5. The van der Waals surface area contributed by atoms with Crippen LogP contribution in [0.3, 0.4) is 0 Å². The van der Waals surface area contributed by atoms with Crippen molar-refractivity contribution in [2.45, 2.75) is 30.8 Å². The molecule has 6 nitrogen and oxygen atoms in total. The van der Waals surface area contributed by atoms with Crippen LogP contribution in [0.4, 0.5) is 5.95 Å². The Morgan fingerprint density at radius 2 is 1.94 bits per heavy atom. The molecule has 9 heteroatoms. The molecule has 0 radical (unpaired) electrons. The number of rotatable bonds is 6. The van der Waals surface area contributed by atoms with Crippen molar-refractivity contribution in [3.8, 4) is 0 Å². The minimum Gasteiger partial charge on any atom is -0.463 e. The number of nitrogens with zero attached hydrogens (tertiary/aromatic N) is 3. The largest absolute Gasteiger partial charge is 0.463 e. The molecular weight excluding hydrogens is 500 g/mol. The third-order valence-corrected chi connectivity index (χ3v) is 6.48. The zero-order chi connectivity index (χ0) is 22.0. The van der Waals surface area contributed by atoms with Crippen LogP contribution in [-0.2, 0) is 15.3 Å². The van der Waals surface area contributed by atoms with Crippen LogP contribution in [0, 0.1) is 0 Å². The van der Waals surface area contributed by atoms with Gasteiger partial charge in [0.1, 0.15) is 6.04 Å². The van der Waals surface area contributed by atoms with Crippen molar-refractivity contribution in [2.24, 2.45) is 0 Å². The summed E-state index contributed by atoms with van der Waals surface area (Å²) >= 11 is 11.0. The van der Waals surface area contributed by atoms with Crippen molar-refractivity contribution >= 4 is 51.2 Å². The molecule has 1 N–H and O–H groups in total. The first-order chi connectivity index (χ1) is 15.0. The topological polar surface area (TPSA) is 69.0 Å². The molecule has 1 atom stereocenters. The molecule has 1 aromatic heterocycles. The van der Waals surface area contributed by atoms with Crippen molar-refractivity contribution in [3.05, 3.63) is 80.4 Å². The maximum Gasteiger partial charge on any atom is 0.338 e. The van der Waals surface area contributed by atoms with Gasteiger partial charge in [-0.15, -0.1) is 5.10 Å². The van der Waals surface area contributed by atoms with Gasteiger partial charge in [0.2, 0.25) is 11.1 Å². The average molecular weight is 520 g/mol. The molecule has 0 bridgehead atoms. The van der Waals surface area contributed by atoms with Gasteiger partial charge in [0.15, 0.2) is 0 Å². The van der Waals surface area contributed by atoms with Crippen molar-refractivity contribution in [1.82, 2.24) is 14.8 Å². The SMILES string of the molecule is CCOC(=O)C1=C(C)Nc2nc(SCc3ccc(Cl)cc3)nn2[C@H]1c1ccc(Br)cc1. The van der Waals surface area contributed by atoms with Crippen molar-refractivity contribution in [1.29, 1.82) is 0 Å². The van der Waals surface area contributed by atoms with Gasteiger partial charge in [-0.2, -0.15) is 4.98 Å².